The van der Waals surface area contributed by atoms with E-state index in [1.807, 2.05) is 19.9 Å². The number of fused-ring (bicyclic) bond motifs is 1. The number of halogens is 1. The lowest BCUT2D eigenvalue weighted by molar-refractivity contribution is 0.0453. The summed E-state index contributed by atoms with van der Waals surface area (Å²) in [5.74, 6) is -0.523. The van der Waals surface area contributed by atoms with Gasteiger partial charge in [-0.2, -0.15) is 0 Å². The van der Waals surface area contributed by atoms with Crippen LogP contribution < -0.4 is 0 Å². The van der Waals surface area contributed by atoms with Crippen molar-refractivity contribution in [3.05, 3.63) is 21.1 Å². The van der Waals surface area contributed by atoms with Crippen LogP contribution in [0.3, 0.4) is 0 Å². The second-order valence-corrected chi connectivity index (χ2v) is 8.19. The van der Waals surface area contributed by atoms with E-state index in [0.29, 0.717) is 10.4 Å². The maximum atomic E-state index is 12.6. The molecule has 134 valence electrons. The number of rotatable bonds is 2. The minimum absolute atomic E-state index is 0.227. The highest BCUT2D eigenvalue weighted by Gasteiger charge is 2.29. The van der Waals surface area contributed by atoms with E-state index < -0.39 is 17.7 Å². The summed E-state index contributed by atoms with van der Waals surface area (Å²) in [7, 11) is 0. The minimum Gasteiger partial charge on any atom is -0.461 e. The van der Waals surface area contributed by atoms with Crippen molar-refractivity contribution in [1.29, 1.82) is 0 Å². The van der Waals surface area contributed by atoms with Crippen molar-refractivity contribution < 1.29 is 19.1 Å². The van der Waals surface area contributed by atoms with Crippen LogP contribution >= 0.6 is 27.3 Å². The van der Waals surface area contributed by atoms with Gasteiger partial charge in [0.2, 0.25) is 0 Å². The minimum atomic E-state index is -0.651. The van der Waals surface area contributed by atoms with Gasteiger partial charge < -0.3 is 9.47 Å². The van der Waals surface area contributed by atoms with Crippen molar-refractivity contribution in [2.24, 2.45) is 0 Å². The molecule has 2 rings (SSSR count). The molecule has 0 amide bonds. The van der Waals surface area contributed by atoms with E-state index in [4.69, 9.17) is 9.47 Å². The zero-order valence-corrected chi connectivity index (χ0v) is 17.6. The van der Waals surface area contributed by atoms with E-state index >= 15 is 0 Å². The van der Waals surface area contributed by atoms with Crippen molar-refractivity contribution in [3.63, 3.8) is 0 Å². The van der Waals surface area contributed by atoms with E-state index in [-0.39, 0.29) is 12.3 Å². The number of aryl methyl sites for hydroxylation is 1. The van der Waals surface area contributed by atoms with Crippen LogP contribution in [0, 0.1) is 6.92 Å². The van der Waals surface area contributed by atoms with Crippen molar-refractivity contribution in [2.45, 2.75) is 54.1 Å². The number of ether oxygens (including phenoxy) is 2. The molecule has 0 aliphatic carbocycles. The fourth-order valence-corrected chi connectivity index (χ4v) is 3.74. The zero-order chi connectivity index (χ0) is 18.7. The van der Waals surface area contributed by atoms with Gasteiger partial charge in [-0.15, -0.1) is 11.3 Å². The number of nitrogens with zero attached hydrogens (tertiary/aromatic N) is 1. The van der Waals surface area contributed by atoms with E-state index in [9.17, 15) is 9.59 Å². The molecule has 0 aliphatic heterocycles. The first-order valence-electron chi connectivity index (χ1n) is 7.86. The molecule has 0 saturated carbocycles. The monoisotopic (exact) mass is 417 g/mol. The first kappa shape index (κ1) is 20.7. The molecule has 24 heavy (non-hydrogen) atoms. The molecule has 0 spiro atoms. The number of aromatic nitrogens is 1. The summed E-state index contributed by atoms with van der Waals surface area (Å²) < 4.78 is 12.7. The SMILES string of the molecule is CC.CCOC(=O)c1c(C)c2cc(Br)sc2n1C(=O)OC(C)(C)C. The van der Waals surface area contributed by atoms with Gasteiger partial charge in [0.05, 0.1) is 10.4 Å². The van der Waals surface area contributed by atoms with E-state index in [1.54, 1.807) is 34.6 Å². The highest BCUT2D eigenvalue weighted by Crippen LogP contribution is 2.36. The number of hydrogen-bond donors (Lipinski definition) is 0. The van der Waals surface area contributed by atoms with Gasteiger partial charge in [0.1, 0.15) is 16.1 Å². The Labute approximate surface area is 155 Å². The highest BCUT2D eigenvalue weighted by atomic mass is 79.9. The lowest BCUT2D eigenvalue weighted by Crippen LogP contribution is -2.29. The molecule has 0 radical (unpaired) electrons. The summed E-state index contributed by atoms with van der Waals surface area (Å²) in [6.07, 6.45) is -0.581. The van der Waals surface area contributed by atoms with Crippen LogP contribution in [0.25, 0.3) is 10.2 Å². The van der Waals surface area contributed by atoms with Crippen LogP contribution in [-0.2, 0) is 9.47 Å². The highest BCUT2D eigenvalue weighted by molar-refractivity contribution is 9.11. The van der Waals surface area contributed by atoms with E-state index in [2.05, 4.69) is 15.9 Å². The Bertz CT molecular complexity index is 740. The Balaban J connectivity index is 0.00000139. The standard InChI is InChI=1S/C15H18BrNO4S.C2H6/c1-6-20-13(18)11-8(2)9-7-10(16)22-12(9)17(11)14(19)21-15(3,4)5;1-2/h7H,6H2,1-5H3;1-2H3. The van der Waals surface area contributed by atoms with Crippen molar-refractivity contribution in [3.8, 4) is 0 Å². The quantitative estimate of drug-likeness (QED) is 0.582. The molecule has 0 aliphatic rings. The molecule has 2 aromatic rings. The summed E-state index contributed by atoms with van der Waals surface area (Å²) in [4.78, 5) is 25.5. The topological polar surface area (TPSA) is 57.5 Å². The normalized spacial score (nSPS) is 11.0. The lowest BCUT2D eigenvalue weighted by atomic mass is 10.2. The van der Waals surface area contributed by atoms with Crippen molar-refractivity contribution >= 4 is 49.5 Å². The molecule has 0 fully saturated rings. The maximum Gasteiger partial charge on any atom is 0.420 e. The largest absolute Gasteiger partial charge is 0.461 e. The summed E-state index contributed by atoms with van der Waals surface area (Å²) >= 11 is 4.79. The molecule has 2 aromatic heterocycles. The molecule has 0 N–H and O–H groups in total. The van der Waals surface area contributed by atoms with Gasteiger partial charge in [0, 0.05) is 5.39 Å². The van der Waals surface area contributed by atoms with E-state index in [0.717, 1.165) is 9.17 Å². The zero-order valence-electron chi connectivity index (χ0n) is 15.2. The summed E-state index contributed by atoms with van der Waals surface area (Å²) in [6, 6.07) is 1.89. The van der Waals surface area contributed by atoms with Gasteiger partial charge in [-0.25, -0.2) is 14.2 Å². The Hall–Kier alpha value is -1.34. The third kappa shape index (κ3) is 4.39. The molecule has 0 unspecified atom stereocenters. The smallest absolute Gasteiger partial charge is 0.420 e. The molecule has 2 heterocycles. The van der Waals surface area contributed by atoms with E-state index in [1.165, 1.54) is 15.9 Å². The Morgan fingerprint density at radius 1 is 1.29 bits per heavy atom. The van der Waals surface area contributed by atoms with Gasteiger partial charge in [-0.1, -0.05) is 13.8 Å². The first-order valence-corrected chi connectivity index (χ1v) is 9.47. The van der Waals surface area contributed by atoms with Gasteiger partial charge in [0.15, 0.2) is 0 Å². The summed E-state index contributed by atoms with van der Waals surface area (Å²) in [5.41, 5.74) is 0.285. The molecule has 5 nitrogen and oxygen atoms in total. The van der Waals surface area contributed by atoms with Gasteiger partial charge in [-0.3, -0.25) is 0 Å². The molecular weight excluding hydrogens is 394 g/mol. The number of thiophene rings is 1. The van der Waals surface area contributed by atoms with Crippen LogP contribution in [0.1, 0.15) is 57.6 Å². The van der Waals surface area contributed by atoms with Crippen LogP contribution in [0.15, 0.2) is 9.85 Å². The van der Waals surface area contributed by atoms with Crippen LogP contribution in [0.2, 0.25) is 0 Å². The number of hydrogen-bond acceptors (Lipinski definition) is 5. The van der Waals surface area contributed by atoms with Gasteiger partial charge >= 0.3 is 12.1 Å². The third-order valence-corrected chi connectivity index (χ3v) is 4.54. The van der Waals surface area contributed by atoms with Crippen LogP contribution in [0.5, 0.6) is 0 Å². The first-order chi connectivity index (χ1) is 11.2. The van der Waals surface area contributed by atoms with Gasteiger partial charge in [0.25, 0.3) is 0 Å². The van der Waals surface area contributed by atoms with Crippen LogP contribution in [-0.4, -0.2) is 28.8 Å². The summed E-state index contributed by atoms with van der Waals surface area (Å²) in [5, 5.41) is 0.839. The number of carbonyl (C=O) groups excluding carboxylic acids is 2. The molecule has 0 bridgehead atoms. The van der Waals surface area contributed by atoms with Crippen molar-refractivity contribution in [1.82, 2.24) is 4.57 Å². The average Bonchev–Trinajstić information content (AvgIpc) is 2.96. The molecular formula is C17H24BrNO4S. The third-order valence-electron chi connectivity index (χ3n) is 2.91. The molecule has 0 aromatic carbocycles. The Morgan fingerprint density at radius 3 is 2.38 bits per heavy atom. The summed E-state index contributed by atoms with van der Waals surface area (Å²) in [6.45, 7) is 13.1. The second-order valence-electron chi connectivity index (χ2n) is 5.78. The predicted molar refractivity (Wildman–Crippen MR) is 101 cm³/mol. The second kappa shape index (κ2) is 8.16. The van der Waals surface area contributed by atoms with Crippen LogP contribution in [0.4, 0.5) is 4.79 Å². The maximum absolute atomic E-state index is 12.6. The number of esters is 1. The Kier molecular flexibility index (Phi) is 7.04. The molecule has 0 saturated heterocycles. The average molecular weight is 418 g/mol. The van der Waals surface area contributed by atoms with Crippen molar-refractivity contribution in [2.75, 3.05) is 6.61 Å². The van der Waals surface area contributed by atoms with Gasteiger partial charge in [-0.05, 0) is 62.2 Å². The fraction of sp³-hybridized carbons (Fsp3) is 0.529. The fourth-order valence-electron chi connectivity index (χ4n) is 2.11. The Morgan fingerprint density at radius 2 is 1.88 bits per heavy atom. The lowest BCUT2D eigenvalue weighted by Gasteiger charge is -2.20. The predicted octanol–water partition coefficient (Wildman–Crippen LogP) is 5.76. The number of carbonyl (C=O) groups is 2. The molecule has 0 atom stereocenters. The molecule has 7 heteroatoms.